The van der Waals surface area contributed by atoms with Gasteiger partial charge >= 0.3 is 0 Å². The maximum atomic E-state index is 5.94. The van der Waals surface area contributed by atoms with Gasteiger partial charge in [-0.25, -0.2) is 0 Å². The number of nitrogens with two attached hydrogens (primary N) is 1. The van der Waals surface area contributed by atoms with Crippen LogP contribution in [0.5, 0.6) is 0 Å². The van der Waals surface area contributed by atoms with Crippen molar-refractivity contribution in [3.05, 3.63) is 47.6 Å². The van der Waals surface area contributed by atoms with Gasteiger partial charge in [0.2, 0.25) is 5.89 Å². The quantitative estimate of drug-likeness (QED) is 0.776. The summed E-state index contributed by atoms with van der Waals surface area (Å²) in [4.78, 5) is 4.08. The van der Waals surface area contributed by atoms with Gasteiger partial charge in [0.15, 0.2) is 5.82 Å². The summed E-state index contributed by atoms with van der Waals surface area (Å²) >= 11 is 0. The number of aryl methyl sites for hydroxylation is 1. The lowest BCUT2D eigenvalue weighted by atomic mass is 10.1. The predicted molar refractivity (Wildman–Crippen MR) is 51.5 cm³/mol. The van der Waals surface area contributed by atoms with Gasteiger partial charge in [0.05, 0.1) is 6.04 Å². The molecule has 0 aliphatic rings. The molecule has 1 aromatic carbocycles. The number of nitrogens with zero attached hydrogens (tertiary/aromatic N) is 2. The first-order chi connectivity index (χ1) is 6.77. The molecule has 0 aliphatic heterocycles. The standard InChI is InChI=1S/C10H11N3O/c1-7-12-10(13-14-7)9(11)8-5-3-2-4-6-8/h2-6,9H,11H2,1H3. The molecule has 0 aliphatic carbocycles. The maximum Gasteiger partial charge on any atom is 0.223 e. The molecular formula is C10H11N3O. The molecule has 72 valence electrons. The molecule has 0 saturated heterocycles. The number of benzene rings is 1. The molecule has 1 unspecified atom stereocenters. The van der Waals surface area contributed by atoms with E-state index in [4.69, 9.17) is 10.3 Å². The smallest absolute Gasteiger partial charge is 0.223 e. The molecule has 0 spiro atoms. The van der Waals surface area contributed by atoms with Crippen LogP contribution in [0.15, 0.2) is 34.9 Å². The highest BCUT2D eigenvalue weighted by Crippen LogP contribution is 2.15. The van der Waals surface area contributed by atoms with Crippen LogP contribution in [-0.4, -0.2) is 10.1 Å². The molecule has 0 saturated carbocycles. The van der Waals surface area contributed by atoms with Crippen LogP contribution < -0.4 is 5.73 Å². The lowest BCUT2D eigenvalue weighted by Crippen LogP contribution is -2.13. The van der Waals surface area contributed by atoms with Gasteiger partial charge in [-0.05, 0) is 5.56 Å². The molecule has 1 atom stereocenters. The van der Waals surface area contributed by atoms with Gasteiger partial charge < -0.3 is 10.3 Å². The van der Waals surface area contributed by atoms with Gasteiger partial charge in [0.1, 0.15) is 0 Å². The van der Waals surface area contributed by atoms with Gasteiger partial charge in [0.25, 0.3) is 0 Å². The van der Waals surface area contributed by atoms with Crippen molar-refractivity contribution >= 4 is 0 Å². The molecule has 0 bridgehead atoms. The molecule has 4 heteroatoms. The summed E-state index contributed by atoms with van der Waals surface area (Å²) in [5, 5.41) is 3.78. The van der Waals surface area contributed by atoms with Crippen LogP contribution in [-0.2, 0) is 0 Å². The Balaban J connectivity index is 2.29. The Bertz CT molecular complexity index is 410. The van der Waals surface area contributed by atoms with Crippen molar-refractivity contribution in [2.45, 2.75) is 13.0 Å². The minimum absolute atomic E-state index is 0.311. The molecule has 1 aromatic heterocycles. The highest BCUT2D eigenvalue weighted by atomic mass is 16.5. The third-order valence-corrected chi connectivity index (χ3v) is 1.98. The lowest BCUT2D eigenvalue weighted by Gasteiger charge is -2.05. The second kappa shape index (κ2) is 3.59. The van der Waals surface area contributed by atoms with Crippen LogP contribution in [0.4, 0.5) is 0 Å². The SMILES string of the molecule is Cc1nc(C(N)c2ccccc2)no1. The van der Waals surface area contributed by atoms with Crippen molar-refractivity contribution in [3.63, 3.8) is 0 Å². The average molecular weight is 189 g/mol. The summed E-state index contributed by atoms with van der Waals surface area (Å²) in [5.74, 6) is 1.06. The number of hydrogen-bond acceptors (Lipinski definition) is 4. The molecule has 2 rings (SSSR count). The zero-order valence-electron chi connectivity index (χ0n) is 7.84. The summed E-state index contributed by atoms with van der Waals surface area (Å²) in [6.07, 6.45) is 0. The third-order valence-electron chi connectivity index (χ3n) is 1.98. The summed E-state index contributed by atoms with van der Waals surface area (Å²) in [6, 6.07) is 9.38. The van der Waals surface area contributed by atoms with Crippen LogP contribution in [0.3, 0.4) is 0 Å². The second-order valence-corrected chi connectivity index (χ2v) is 3.06. The molecule has 4 nitrogen and oxygen atoms in total. The first-order valence-electron chi connectivity index (χ1n) is 4.38. The Kier molecular flexibility index (Phi) is 2.28. The van der Waals surface area contributed by atoms with Gasteiger partial charge in [-0.2, -0.15) is 4.98 Å². The molecule has 1 heterocycles. The first kappa shape index (κ1) is 8.90. The van der Waals surface area contributed by atoms with Crippen LogP contribution >= 0.6 is 0 Å². The Hall–Kier alpha value is -1.68. The molecule has 2 aromatic rings. The lowest BCUT2D eigenvalue weighted by molar-refractivity contribution is 0.385. The normalized spacial score (nSPS) is 12.7. The van der Waals surface area contributed by atoms with Gasteiger partial charge in [-0.15, -0.1) is 0 Å². The van der Waals surface area contributed by atoms with Crippen molar-refractivity contribution < 1.29 is 4.52 Å². The van der Waals surface area contributed by atoms with E-state index >= 15 is 0 Å². The Labute approximate surface area is 81.7 Å². The average Bonchev–Trinajstić information content (AvgIpc) is 2.65. The van der Waals surface area contributed by atoms with Crippen molar-refractivity contribution in [1.29, 1.82) is 0 Å². The van der Waals surface area contributed by atoms with E-state index in [-0.39, 0.29) is 6.04 Å². The van der Waals surface area contributed by atoms with Crippen LogP contribution in [0.1, 0.15) is 23.3 Å². The predicted octanol–water partition coefficient (Wildman–Crippen LogP) is 1.43. The Morgan fingerprint density at radius 3 is 2.57 bits per heavy atom. The topological polar surface area (TPSA) is 64.9 Å². The summed E-state index contributed by atoms with van der Waals surface area (Å²) in [6.45, 7) is 1.74. The highest BCUT2D eigenvalue weighted by Gasteiger charge is 2.13. The van der Waals surface area contributed by atoms with Gasteiger partial charge in [0, 0.05) is 6.92 Å². The molecular weight excluding hydrogens is 178 g/mol. The monoisotopic (exact) mass is 189 g/mol. The number of hydrogen-bond donors (Lipinski definition) is 1. The van der Waals surface area contributed by atoms with Crippen molar-refractivity contribution in [2.24, 2.45) is 5.73 Å². The fraction of sp³-hybridized carbons (Fsp3) is 0.200. The molecule has 0 fully saturated rings. The van der Waals surface area contributed by atoms with E-state index in [1.165, 1.54) is 0 Å². The van der Waals surface area contributed by atoms with E-state index in [1.807, 2.05) is 30.3 Å². The van der Waals surface area contributed by atoms with Gasteiger partial charge in [-0.3, -0.25) is 0 Å². The van der Waals surface area contributed by atoms with Crippen LogP contribution in [0, 0.1) is 6.92 Å². The minimum Gasteiger partial charge on any atom is -0.340 e. The van der Waals surface area contributed by atoms with E-state index in [0.717, 1.165) is 5.56 Å². The Morgan fingerprint density at radius 1 is 1.29 bits per heavy atom. The largest absolute Gasteiger partial charge is 0.340 e. The molecule has 0 radical (unpaired) electrons. The van der Waals surface area contributed by atoms with E-state index in [9.17, 15) is 0 Å². The first-order valence-corrected chi connectivity index (χ1v) is 4.38. The fourth-order valence-electron chi connectivity index (χ4n) is 1.25. The zero-order valence-corrected chi connectivity index (χ0v) is 7.84. The Morgan fingerprint density at radius 2 is 2.00 bits per heavy atom. The van der Waals surface area contributed by atoms with Crippen molar-refractivity contribution in [3.8, 4) is 0 Å². The number of aromatic nitrogens is 2. The van der Waals surface area contributed by atoms with Crippen molar-refractivity contribution in [2.75, 3.05) is 0 Å². The third kappa shape index (κ3) is 1.65. The van der Waals surface area contributed by atoms with Crippen LogP contribution in [0.25, 0.3) is 0 Å². The van der Waals surface area contributed by atoms with E-state index in [1.54, 1.807) is 6.92 Å². The highest BCUT2D eigenvalue weighted by molar-refractivity contribution is 5.23. The van der Waals surface area contributed by atoms with E-state index < -0.39 is 0 Å². The molecule has 14 heavy (non-hydrogen) atoms. The number of rotatable bonds is 2. The summed E-state index contributed by atoms with van der Waals surface area (Å²) in [5.41, 5.74) is 6.92. The zero-order chi connectivity index (χ0) is 9.97. The van der Waals surface area contributed by atoms with Crippen molar-refractivity contribution in [1.82, 2.24) is 10.1 Å². The van der Waals surface area contributed by atoms with E-state index in [0.29, 0.717) is 11.7 Å². The molecule has 0 amide bonds. The molecule has 2 N–H and O–H groups in total. The fourth-order valence-corrected chi connectivity index (χ4v) is 1.25. The maximum absolute atomic E-state index is 5.94. The van der Waals surface area contributed by atoms with Gasteiger partial charge in [-0.1, -0.05) is 35.5 Å². The summed E-state index contributed by atoms with van der Waals surface area (Å²) in [7, 11) is 0. The van der Waals surface area contributed by atoms with E-state index in [2.05, 4.69) is 10.1 Å². The minimum atomic E-state index is -0.311. The van der Waals surface area contributed by atoms with Crippen LogP contribution in [0.2, 0.25) is 0 Å². The second-order valence-electron chi connectivity index (χ2n) is 3.06. The summed E-state index contributed by atoms with van der Waals surface area (Å²) < 4.78 is 4.87.